The van der Waals surface area contributed by atoms with Gasteiger partial charge >= 0.3 is 0 Å². The van der Waals surface area contributed by atoms with Crippen LogP contribution in [0.4, 0.5) is 0 Å². The van der Waals surface area contributed by atoms with Gasteiger partial charge in [-0.25, -0.2) is 0 Å². The quantitative estimate of drug-likeness (QED) is 0.329. The highest BCUT2D eigenvalue weighted by molar-refractivity contribution is 8.81. The second kappa shape index (κ2) is 8.89. The lowest BCUT2D eigenvalue weighted by Gasteiger charge is -2.36. The predicted octanol–water partition coefficient (Wildman–Crippen LogP) is 5.73. The molecular weight excluding hydrogens is 441 g/mol. The van der Waals surface area contributed by atoms with Crippen LogP contribution < -0.4 is 0 Å². The van der Waals surface area contributed by atoms with Crippen molar-refractivity contribution in [1.29, 1.82) is 0 Å². The standard InChI is InChI=1S/C19H26N4O2S3Si/c1-19(2,3)29(5,6)25-12-14-8-10-16(28-27-14)18-20-21-22-23(18)15-9-7-13(24)11-17(15)26-4/h7-11,24H,12H2,1-6H3. The van der Waals surface area contributed by atoms with Crippen molar-refractivity contribution in [3.63, 3.8) is 0 Å². The number of phenolic OH excluding ortho intramolecular Hbond substituents is 1. The first-order valence-corrected chi connectivity index (χ1v) is 15.5. The van der Waals surface area contributed by atoms with E-state index in [1.165, 1.54) is 4.91 Å². The minimum atomic E-state index is -1.77. The second-order valence-electron chi connectivity index (χ2n) is 8.15. The number of thioether (sulfide) groups is 1. The molecule has 0 spiro atoms. The molecule has 0 amide bonds. The molecule has 1 aliphatic rings. The number of nitrogens with zero attached hydrogens (tertiary/aromatic N) is 4. The lowest BCUT2D eigenvalue weighted by molar-refractivity contribution is 0.325. The average molecular weight is 467 g/mol. The Balaban J connectivity index is 1.80. The summed E-state index contributed by atoms with van der Waals surface area (Å²) in [5.74, 6) is 0.910. The Kier molecular flexibility index (Phi) is 6.89. The zero-order valence-corrected chi connectivity index (χ0v) is 20.9. The Morgan fingerprint density at radius 3 is 2.59 bits per heavy atom. The van der Waals surface area contributed by atoms with E-state index in [2.05, 4.69) is 55.5 Å². The smallest absolute Gasteiger partial charge is 0.194 e. The Labute approximate surface area is 185 Å². The number of tetrazole rings is 1. The number of rotatable bonds is 6. The number of benzene rings is 1. The molecule has 0 bridgehead atoms. The second-order valence-corrected chi connectivity index (χ2v) is 16.1. The van der Waals surface area contributed by atoms with Gasteiger partial charge in [0, 0.05) is 9.80 Å². The first kappa shape index (κ1) is 22.5. The third-order valence-electron chi connectivity index (χ3n) is 5.12. The van der Waals surface area contributed by atoms with Gasteiger partial charge < -0.3 is 9.53 Å². The molecule has 0 unspecified atom stereocenters. The molecule has 2 heterocycles. The van der Waals surface area contributed by atoms with Crippen molar-refractivity contribution >= 4 is 46.6 Å². The molecule has 1 N–H and O–H groups in total. The molecule has 6 nitrogen and oxygen atoms in total. The van der Waals surface area contributed by atoms with Gasteiger partial charge in [0.2, 0.25) is 0 Å². The molecule has 1 aromatic carbocycles. The molecule has 1 aliphatic heterocycles. The number of allylic oxidation sites excluding steroid dienone is 2. The van der Waals surface area contributed by atoms with Crippen molar-refractivity contribution in [3.05, 3.63) is 41.1 Å². The third kappa shape index (κ3) is 5.11. The van der Waals surface area contributed by atoms with Crippen LogP contribution in [-0.2, 0) is 4.43 Å². The van der Waals surface area contributed by atoms with Gasteiger partial charge in [0.15, 0.2) is 14.1 Å². The monoisotopic (exact) mass is 466 g/mol. The van der Waals surface area contributed by atoms with Crippen LogP contribution in [-0.4, -0.2) is 46.5 Å². The molecule has 156 valence electrons. The maximum absolute atomic E-state index is 9.76. The van der Waals surface area contributed by atoms with Gasteiger partial charge in [-0.3, -0.25) is 0 Å². The maximum Gasteiger partial charge on any atom is 0.194 e. The predicted molar refractivity (Wildman–Crippen MR) is 127 cm³/mol. The molecule has 0 saturated carbocycles. The summed E-state index contributed by atoms with van der Waals surface area (Å²) in [6, 6.07) is 5.20. The van der Waals surface area contributed by atoms with E-state index in [-0.39, 0.29) is 10.8 Å². The lowest BCUT2D eigenvalue weighted by atomic mass is 10.2. The van der Waals surface area contributed by atoms with E-state index in [1.807, 2.05) is 18.4 Å². The molecule has 0 radical (unpaired) electrons. The van der Waals surface area contributed by atoms with E-state index in [0.29, 0.717) is 12.4 Å². The summed E-state index contributed by atoms with van der Waals surface area (Å²) < 4.78 is 8.05. The highest BCUT2D eigenvalue weighted by Crippen LogP contribution is 2.46. The molecule has 0 fully saturated rings. The average Bonchev–Trinajstić information content (AvgIpc) is 3.15. The highest BCUT2D eigenvalue weighted by atomic mass is 33.1. The Morgan fingerprint density at radius 1 is 1.21 bits per heavy atom. The van der Waals surface area contributed by atoms with Gasteiger partial charge in [-0.2, -0.15) is 4.68 Å². The van der Waals surface area contributed by atoms with E-state index in [1.54, 1.807) is 50.2 Å². The minimum Gasteiger partial charge on any atom is -0.508 e. The summed E-state index contributed by atoms with van der Waals surface area (Å²) in [4.78, 5) is 3.08. The molecule has 0 atom stereocenters. The van der Waals surface area contributed by atoms with Crippen LogP contribution in [0.2, 0.25) is 18.1 Å². The van der Waals surface area contributed by atoms with Gasteiger partial charge in [-0.1, -0.05) is 31.6 Å². The van der Waals surface area contributed by atoms with E-state index >= 15 is 0 Å². The van der Waals surface area contributed by atoms with Gasteiger partial charge in [-0.05, 0) is 76.0 Å². The molecule has 29 heavy (non-hydrogen) atoms. The van der Waals surface area contributed by atoms with Crippen molar-refractivity contribution in [2.45, 2.75) is 43.8 Å². The maximum atomic E-state index is 9.76. The molecule has 1 aromatic heterocycles. The third-order valence-corrected chi connectivity index (χ3v) is 12.8. The summed E-state index contributed by atoms with van der Waals surface area (Å²) in [5, 5.41) is 22.2. The van der Waals surface area contributed by atoms with E-state index in [0.717, 1.165) is 15.5 Å². The zero-order chi connectivity index (χ0) is 21.2. The number of aromatic hydroxyl groups is 1. The zero-order valence-electron chi connectivity index (χ0n) is 17.5. The van der Waals surface area contributed by atoms with Crippen LogP contribution in [0.25, 0.3) is 10.6 Å². The Morgan fingerprint density at radius 2 is 1.97 bits per heavy atom. The van der Waals surface area contributed by atoms with Crippen molar-refractivity contribution in [3.8, 4) is 11.4 Å². The summed E-state index contributed by atoms with van der Waals surface area (Å²) in [6.07, 6.45) is 6.10. The van der Waals surface area contributed by atoms with Crippen molar-refractivity contribution in [2.75, 3.05) is 12.9 Å². The number of hydrogen-bond acceptors (Lipinski definition) is 8. The van der Waals surface area contributed by atoms with Crippen LogP contribution in [0.1, 0.15) is 26.6 Å². The van der Waals surface area contributed by atoms with Gasteiger partial charge in [0.05, 0.1) is 17.2 Å². The highest BCUT2D eigenvalue weighted by Gasteiger charge is 2.37. The molecular formula is C19H26N4O2S3Si. The van der Waals surface area contributed by atoms with Gasteiger partial charge in [0.25, 0.3) is 0 Å². The number of phenols is 1. The van der Waals surface area contributed by atoms with Gasteiger partial charge in [-0.15, -0.1) is 16.9 Å². The fraction of sp³-hybridized carbons (Fsp3) is 0.421. The first-order chi connectivity index (χ1) is 13.6. The van der Waals surface area contributed by atoms with Crippen LogP contribution in [0.15, 0.2) is 40.2 Å². The van der Waals surface area contributed by atoms with E-state index < -0.39 is 8.32 Å². The molecule has 0 saturated heterocycles. The Bertz CT molecular complexity index is 951. The molecule has 0 aliphatic carbocycles. The molecule has 10 heteroatoms. The SMILES string of the molecule is CSc1cc(O)ccc1-n1nnnc1C1=CC=C(CO[Si](C)(C)C(C)(C)C)SS1. The number of aromatic nitrogens is 4. The van der Waals surface area contributed by atoms with Crippen LogP contribution in [0.3, 0.4) is 0 Å². The summed E-state index contributed by atoms with van der Waals surface area (Å²) in [7, 11) is 1.56. The summed E-state index contributed by atoms with van der Waals surface area (Å²) in [5.41, 5.74) is 0.845. The minimum absolute atomic E-state index is 0.197. The largest absolute Gasteiger partial charge is 0.508 e. The summed E-state index contributed by atoms with van der Waals surface area (Å²) in [6.45, 7) is 11.9. The van der Waals surface area contributed by atoms with Crippen LogP contribution >= 0.6 is 33.3 Å². The topological polar surface area (TPSA) is 73.1 Å². The van der Waals surface area contributed by atoms with Crippen molar-refractivity contribution < 1.29 is 9.53 Å². The molecule has 3 rings (SSSR count). The number of hydrogen-bond donors (Lipinski definition) is 1. The van der Waals surface area contributed by atoms with Crippen LogP contribution in [0.5, 0.6) is 5.75 Å². The fourth-order valence-electron chi connectivity index (χ4n) is 2.32. The first-order valence-electron chi connectivity index (χ1n) is 9.18. The van der Waals surface area contributed by atoms with Crippen molar-refractivity contribution in [1.82, 2.24) is 20.2 Å². The Hall–Kier alpha value is -1.20. The normalized spacial score (nSPS) is 15.2. The van der Waals surface area contributed by atoms with Gasteiger partial charge in [0.1, 0.15) is 5.75 Å². The van der Waals surface area contributed by atoms with Crippen molar-refractivity contribution in [2.24, 2.45) is 0 Å². The lowest BCUT2D eigenvalue weighted by Crippen LogP contribution is -2.41. The molecule has 2 aromatic rings. The fourth-order valence-corrected chi connectivity index (χ4v) is 6.02. The summed E-state index contributed by atoms with van der Waals surface area (Å²) >= 11 is 1.54. The van der Waals surface area contributed by atoms with Crippen LogP contribution in [0, 0.1) is 0 Å². The van der Waals surface area contributed by atoms with E-state index in [9.17, 15) is 5.11 Å². The van der Waals surface area contributed by atoms with E-state index in [4.69, 9.17) is 4.43 Å².